The Morgan fingerprint density at radius 1 is 1.23 bits per heavy atom. The lowest BCUT2D eigenvalue weighted by atomic mass is 10.1. The normalized spacial score (nSPS) is 15.7. The maximum absolute atomic E-state index is 5.54. The van der Waals surface area contributed by atoms with E-state index in [9.17, 15) is 0 Å². The number of aliphatic imine (C=N–C) groups is 1. The molecule has 1 aliphatic heterocycles. The van der Waals surface area contributed by atoms with Crippen molar-refractivity contribution in [1.82, 2.24) is 15.5 Å². The van der Waals surface area contributed by atoms with Crippen molar-refractivity contribution < 1.29 is 9.47 Å². The van der Waals surface area contributed by atoms with Gasteiger partial charge in [-0.25, -0.2) is 0 Å². The summed E-state index contributed by atoms with van der Waals surface area (Å²) in [4.78, 5) is 8.78. The number of thiophene rings is 1. The number of halogens is 1. The number of ether oxygens (including phenoxy) is 2. The van der Waals surface area contributed by atoms with Crippen molar-refractivity contribution in [2.75, 3.05) is 53.0 Å². The highest BCUT2D eigenvalue weighted by atomic mass is 127. The van der Waals surface area contributed by atoms with Gasteiger partial charge in [-0.2, -0.15) is 0 Å². The van der Waals surface area contributed by atoms with E-state index in [1.807, 2.05) is 23.5 Å². The summed E-state index contributed by atoms with van der Waals surface area (Å²) in [6, 6.07) is 12.9. The first kappa shape index (κ1) is 25.9. The minimum atomic E-state index is 0. The van der Waals surface area contributed by atoms with E-state index >= 15 is 0 Å². The van der Waals surface area contributed by atoms with Gasteiger partial charge in [0.15, 0.2) is 5.96 Å². The molecule has 1 aromatic carbocycles. The highest BCUT2D eigenvalue weighted by Gasteiger charge is 2.23. The van der Waals surface area contributed by atoms with Gasteiger partial charge in [0.2, 0.25) is 0 Å². The zero-order valence-electron chi connectivity index (χ0n) is 18.5. The van der Waals surface area contributed by atoms with Crippen LogP contribution in [0.15, 0.2) is 46.8 Å². The summed E-state index contributed by atoms with van der Waals surface area (Å²) in [7, 11) is 1.71. The van der Waals surface area contributed by atoms with E-state index in [-0.39, 0.29) is 24.0 Å². The number of rotatable bonds is 10. The van der Waals surface area contributed by atoms with Crippen molar-refractivity contribution >= 4 is 41.3 Å². The third-order valence-corrected chi connectivity index (χ3v) is 6.17. The zero-order chi connectivity index (χ0) is 21.0. The summed E-state index contributed by atoms with van der Waals surface area (Å²) in [5, 5.41) is 9.02. The largest absolute Gasteiger partial charge is 0.497 e. The first-order chi connectivity index (χ1) is 14.8. The van der Waals surface area contributed by atoms with Gasteiger partial charge < -0.3 is 20.1 Å². The molecule has 1 aliphatic rings. The molecule has 3 rings (SSSR count). The van der Waals surface area contributed by atoms with Gasteiger partial charge in [0.1, 0.15) is 5.75 Å². The molecule has 1 saturated heterocycles. The summed E-state index contributed by atoms with van der Waals surface area (Å²) in [5.41, 5.74) is 1.29. The number of benzene rings is 1. The number of guanidine groups is 1. The van der Waals surface area contributed by atoms with Crippen LogP contribution in [0, 0.1) is 0 Å². The van der Waals surface area contributed by atoms with Crippen molar-refractivity contribution in [3.8, 4) is 5.75 Å². The molecule has 0 aliphatic carbocycles. The standard InChI is InChI=1S/C23H34N4O2S.HI/c1-3-24-23(25-11-5-8-19-7-4-9-20(17-19)28-2)26-18-21(22-10-6-16-30-22)27-12-14-29-15-13-27;/h4,6-7,9-10,16-17,21H,3,5,8,11-15,18H2,1-2H3,(H2,24,25,26);1H. The first-order valence-electron chi connectivity index (χ1n) is 10.8. The number of morpholine rings is 1. The highest BCUT2D eigenvalue weighted by Crippen LogP contribution is 2.26. The monoisotopic (exact) mass is 558 g/mol. The van der Waals surface area contributed by atoms with Gasteiger partial charge in [0.05, 0.1) is 32.9 Å². The fraction of sp³-hybridized carbons (Fsp3) is 0.522. The van der Waals surface area contributed by atoms with E-state index in [0.29, 0.717) is 6.04 Å². The summed E-state index contributed by atoms with van der Waals surface area (Å²) < 4.78 is 10.9. The topological polar surface area (TPSA) is 58.1 Å². The van der Waals surface area contributed by atoms with Crippen molar-refractivity contribution in [3.63, 3.8) is 0 Å². The van der Waals surface area contributed by atoms with E-state index in [1.54, 1.807) is 7.11 Å². The SMILES string of the molecule is CCNC(=NCC(c1cccs1)N1CCOCC1)NCCCc1cccc(OC)c1.I. The molecule has 0 bridgehead atoms. The second-order valence-corrected chi connectivity index (χ2v) is 8.26. The molecule has 0 amide bonds. The first-order valence-corrected chi connectivity index (χ1v) is 11.7. The van der Waals surface area contributed by atoms with Gasteiger partial charge in [-0.3, -0.25) is 9.89 Å². The summed E-state index contributed by atoms with van der Waals surface area (Å²) in [6.45, 7) is 8.10. The Labute approximate surface area is 207 Å². The molecule has 0 radical (unpaired) electrons. The maximum Gasteiger partial charge on any atom is 0.191 e. The van der Waals surface area contributed by atoms with Crippen LogP contribution in [0.2, 0.25) is 0 Å². The van der Waals surface area contributed by atoms with E-state index < -0.39 is 0 Å². The zero-order valence-corrected chi connectivity index (χ0v) is 21.7. The van der Waals surface area contributed by atoms with Crippen molar-refractivity contribution in [3.05, 3.63) is 52.2 Å². The smallest absolute Gasteiger partial charge is 0.191 e. The average molecular weight is 559 g/mol. The van der Waals surface area contributed by atoms with E-state index in [4.69, 9.17) is 14.5 Å². The molecule has 2 N–H and O–H groups in total. The lowest BCUT2D eigenvalue weighted by Crippen LogP contribution is -2.41. The number of nitrogens with zero attached hydrogens (tertiary/aromatic N) is 2. The van der Waals surface area contributed by atoms with Gasteiger partial charge in [0, 0.05) is 31.1 Å². The van der Waals surface area contributed by atoms with Crippen molar-refractivity contribution in [2.24, 2.45) is 4.99 Å². The summed E-state index contributed by atoms with van der Waals surface area (Å²) in [6.07, 6.45) is 2.05. The molecular weight excluding hydrogens is 523 g/mol. The second kappa shape index (κ2) is 14.7. The number of hydrogen-bond acceptors (Lipinski definition) is 5. The molecule has 1 fully saturated rings. The van der Waals surface area contributed by atoms with Crippen LogP contribution in [-0.4, -0.2) is 63.9 Å². The Hall–Kier alpha value is -1.36. The van der Waals surface area contributed by atoms with Crippen LogP contribution in [0.5, 0.6) is 5.75 Å². The molecule has 6 nitrogen and oxygen atoms in total. The van der Waals surface area contributed by atoms with Gasteiger partial charge in [-0.05, 0) is 48.9 Å². The van der Waals surface area contributed by atoms with Crippen LogP contribution in [0.3, 0.4) is 0 Å². The van der Waals surface area contributed by atoms with E-state index in [2.05, 4.69) is 52.1 Å². The molecule has 2 heterocycles. The number of methoxy groups -OCH3 is 1. The number of nitrogens with one attached hydrogen (secondary N) is 2. The minimum Gasteiger partial charge on any atom is -0.497 e. The molecule has 8 heteroatoms. The van der Waals surface area contributed by atoms with Crippen molar-refractivity contribution in [1.29, 1.82) is 0 Å². The fourth-order valence-corrected chi connectivity index (χ4v) is 4.45. The molecule has 1 atom stereocenters. The predicted molar refractivity (Wildman–Crippen MR) is 140 cm³/mol. The molecule has 0 spiro atoms. The lowest BCUT2D eigenvalue weighted by molar-refractivity contribution is 0.0186. The maximum atomic E-state index is 5.54. The minimum absolute atomic E-state index is 0. The Kier molecular flexibility index (Phi) is 12.2. The van der Waals surface area contributed by atoms with Crippen LogP contribution < -0.4 is 15.4 Å². The Morgan fingerprint density at radius 2 is 2.06 bits per heavy atom. The quantitative estimate of drug-likeness (QED) is 0.200. The molecule has 2 aromatic rings. The third kappa shape index (κ3) is 8.59. The van der Waals surface area contributed by atoms with Gasteiger partial charge in [-0.1, -0.05) is 18.2 Å². The van der Waals surface area contributed by atoms with Crippen LogP contribution in [0.25, 0.3) is 0 Å². The van der Waals surface area contributed by atoms with Crippen molar-refractivity contribution in [2.45, 2.75) is 25.8 Å². The fourth-order valence-electron chi connectivity index (χ4n) is 3.60. The predicted octanol–water partition coefficient (Wildman–Crippen LogP) is 3.94. The Bertz CT molecular complexity index is 767. The highest BCUT2D eigenvalue weighted by molar-refractivity contribution is 14.0. The Morgan fingerprint density at radius 3 is 2.77 bits per heavy atom. The van der Waals surface area contributed by atoms with Crippen LogP contribution >= 0.6 is 35.3 Å². The molecule has 31 heavy (non-hydrogen) atoms. The van der Waals surface area contributed by atoms with Crippen LogP contribution in [0.4, 0.5) is 0 Å². The van der Waals surface area contributed by atoms with E-state index in [1.165, 1.54) is 10.4 Å². The second-order valence-electron chi connectivity index (χ2n) is 7.28. The van der Waals surface area contributed by atoms with Crippen LogP contribution in [0.1, 0.15) is 29.8 Å². The third-order valence-electron chi connectivity index (χ3n) is 5.19. The summed E-state index contributed by atoms with van der Waals surface area (Å²) in [5.74, 6) is 1.80. The van der Waals surface area contributed by atoms with Gasteiger partial charge in [0.25, 0.3) is 0 Å². The van der Waals surface area contributed by atoms with E-state index in [0.717, 1.165) is 70.5 Å². The van der Waals surface area contributed by atoms with Gasteiger partial charge in [-0.15, -0.1) is 35.3 Å². The molecule has 172 valence electrons. The lowest BCUT2D eigenvalue weighted by Gasteiger charge is -2.33. The molecule has 0 saturated carbocycles. The number of aryl methyl sites for hydroxylation is 1. The molecule has 1 aromatic heterocycles. The Balaban J connectivity index is 0.00000341. The average Bonchev–Trinajstić information content (AvgIpc) is 3.32. The molecular formula is C23H35IN4O2S. The number of hydrogen-bond donors (Lipinski definition) is 2. The van der Waals surface area contributed by atoms with Crippen LogP contribution in [-0.2, 0) is 11.2 Å². The van der Waals surface area contributed by atoms with Gasteiger partial charge >= 0.3 is 0 Å². The summed E-state index contributed by atoms with van der Waals surface area (Å²) >= 11 is 1.81. The molecule has 1 unspecified atom stereocenters.